The van der Waals surface area contributed by atoms with Gasteiger partial charge < -0.3 is 10.1 Å². The third-order valence-corrected chi connectivity index (χ3v) is 2.30. The SMILES string of the molecule is CCOCCCn1cnc(CNCC(C)C)n1. The Balaban J connectivity index is 2.18. The second-order valence-corrected chi connectivity index (χ2v) is 4.50. The normalized spacial score (nSPS) is 11.3. The zero-order valence-electron chi connectivity index (χ0n) is 11.1. The van der Waals surface area contributed by atoms with Crippen molar-refractivity contribution in [2.45, 2.75) is 40.3 Å². The van der Waals surface area contributed by atoms with Crippen LogP contribution in [0.4, 0.5) is 0 Å². The topological polar surface area (TPSA) is 52.0 Å². The molecule has 0 atom stereocenters. The highest BCUT2D eigenvalue weighted by molar-refractivity contribution is 4.80. The Bertz CT molecular complexity index is 298. The van der Waals surface area contributed by atoms with Crippen LogP contribution in [0.3, 0.4) is 0 Å². The summed E-state index contributed by atoms with van der Waals surface area (Å²) in [5, 5.41) is 7.72. The van der Waals surface area contributed by atoms with E-state index in [9.17, 15) is 0 Å². The van der Waals surface area contributed by atoms with Gasteiger partial charge in [-0.25, -0.2) is 4.98 Å². The number of aromatic nitrogens is 3. The number of nitrogens with one attached hydrogen (secondary N) is 1. The van der Waals surface area contributed by atoms with Gasteiger partial charge in [-0.3, -0.25) is 4.68 Å². The predicted molar refractivity (Wildman–Crippen MR) is 67.7 cm³/mol. The number of hydrogen-bond acceptors (Lipinski definition) is 4. The van der Waals surface area contributed by atoms with Gasteiger partial charge in [-0.15, -0.1) is 0 Å². The lowest BCUT2D eigenvalue weighted by Gasteiger charge is -2.04. The van der Waals surface area contributed by atoms with Crippen LogP contribution in [-0.4, -0.2) is 34.5 Å². The third kappa shape index (κ3) is 6.38. The van der Waals surface area contributed by atoms with Gasteiger partial charge in [0.15, 0.2) is 5.82 Å². The number of nitrogens with zero attached hydrogens (tertiary/aromatic N) is 3. The Morgan fingerprint density at radius 3 is 3.00 bits per heavy atom. The second kappa shape index (κ2) is 8.20. The summed E-state index contributed by atoms with van der Waals surface area (Å²) in [4.78, 5) is 4.26. The summed E-state index contributed by atoms with van der Waals surface area (Å²) in [7, 11) is 0. The van der Waals surface area contributed by atoms with E-state index in [1.807, 2.05) is 11.6 Å². The van der Waals surface area contributed by atoms with Crippen LogP contribution in [0.25, 0.3) is 0 Å². The standard InChI is InChI=1S/C12H24N4O/c1-4-17-7-5-6-16-10-14-12(15-16)9-13-8-11(2)3/h10-11,13H,4-9H2,1-3H3. The molecule has 17 heavy (non-hydrogen) atoms. The van der Waals surface area contributed by atoms with Crippen molar-refractivity contribution in [1.82, 2.24) is 20.1 Å². The van der Waals surface area contributed by atoms with Crippen molar-refractivity contribution in [2.24, 2.45) is 5.92 Å². The highest BCUT2D eigenvalue weighted by atomic mass is 16.5. The van der Waals surface area contributed by atoms with Crippen molar-refractivity contribution in [3.63, 3.8) is 0 Å². The molecule has 1 rings (SSSR count). The zero-order valence-corrected chi connectivity index (χ0v) is 11.1. The molecule has 0 amide bonds. The molecular weight excluding hydrogens is 216 g/mol. The molecule has 98 valence electrons. The van der Waals surface area contributed by atoms with Crippen LogP contribution in [0, 0.1) is 5.92 Å². The Hall–Kier alpha value is -0.940. The second-order valence-electron chi connectivity index (χ2n) is 4.50. The summed E-state index contributed by atoms with van der Waals surface area (Å²) in [6.45, 7) is 10.6. The zero-order chi connectivity index (χ0) is 12.5. The average molecular weight is 240 g/mol. The molecule has 0 saturated carbocycles. The molecule has 0 bridgehead atoms. The predicted octanol–water partition coefficient (Wildman–Crippen LogP) is 1.45. The maximum absolute atomic E-state index is 5.28. The van der Waals surface area contributed by atoms with E-state index in [2.05, 4.69) is 29.2 Å². The van der Waals surface area contributed by atoms with Crippen LogP contribution in [0.1, 0.15) is 33.0 Å². The number of rotatable bonds is 9. The molecule has 1 heterocycles. The van der Waals surface area contributed by atoms with Crippen molar-refractivity contribution in [2.75, 3.05) is 19.8 Å². The van der Waals surface area contributed by atoms with Crippen molar-refractivity contribution >= 4 is 0 Å². The van der Waals surface area contributed by atoms with Gasteiger partial charge in [-0.05, 0) is 25.8 Å². The van der Waals surface area contributed by atoms with E-state index in [0.29, 0.717) is 5.92 Å². The molecule has 1 N–H and O–H groups in total. The van der Waals surface area contributed by atoms with E-state index in [1.54, 1.807) is 6.33 Å². The van der Waals surface area contributed by atoms with E-state index < -0.39 is 0 Å². The lowest BCUT2D eigenvalue weighted by Crippen LogP contribution is -2.19. The van der Waals surface area contributed by atoms with Gasteiger partial charge in [-0.2, -0.15) is 5.10 Å². The molecule has 0 aliphatic carbocycles. The molecule has 1 aromatic rings. The minimum absolute atomic E-state index is 0.656. The molecule has 0 radical (unpaired) electrons. The summed E-state index contributed by atoms with van der Waals surface area (Å²) >= 11 is 0. The van der Waals surface area contributed by atoms with Gasteiger partial charge >= 0.3 is 0 Å². The fourth-order valence-corrected chi connectivity index (χ4v) is 1.47. The number of ether oxygens (including phenoxy) is 1. The molecule has 5 heteroatoms. The van der Waals surface area contributed by atoms with Gasteiger partial charge in [-0.1, -0.05) is 13.8 Å². The maximum Gasteiger partial charge on any atom is 0.164 e. The first-order chi connectivity index (χ1) is 8.22. The number of aryl methyl sites for hydroxylation is 1. The molecule has 0 aliphatic rings. The molecule has 0 saturated heterocycles. The summed E-state index contributed by atoms with van der Waals surface area (Å²) in [6.07, 6.45) is 2.77. The largest absolute Gasteiger partial charge is 0.382 e. The summed E-state index contributed by atoms with van der Waals surface area (Å²) in [6, 6.07) is 0. The monoisotopic (exact) mass is 240 g/mol. The summed E-state index contributed by atoms with van der Waals surface area (Å²) in [5.74, 6) is 1.52. The van der Waals surface area contributed by atoms with Crippen molar-refractivity contribution in [1.29, 1.82) is 0 Å². The number of hydrogen-bond donors (Lipinski definition) is 1. The fourth-order valence-electron chi connectivity index (χ4n) is 1.47. The van der Waals surface area contributed by atoms with Crippen LogP contribution in [0.5, 0.6) is 0 Å². The van der Waals surface area contributed by atoms with Crippen LogP contribution in [0.2, 0.25) is 0 Å². The molecule has 0 spiro atoms. The minimum Gasteiger partial charge on any atom is -0.382 e. The highest BCUT2D eigenvalue weighted by Crippen LogP contribution is 1.94. The lowest BCUT2D eigenvalue weighted by atomic mass is 10.2. The lowest BCUT2D eigenvalue weighted by molar-refractivity contribution is 0.140. The molecule has 0 aliphatic heterocycles. The van der Waals surface area contributed by atoms with Crippen molar-refractivity contribution in [3.8, 4) is 0 Å². The first-order valence-corrected chi connectivity index (χ1v) is 6.39. The maximum atomic E-state index is 5.28. The minimum atomic E-state index is 0.656. The van der Waals surface area contributed by atoms with Crippen molar-refractivity contribution in [3.05, 3.63) is 12.2 Å². The van der Waals surface area contributed by atoms with E-state index in [0.717, 1.165) is 45.1 Å². The van der Waals surface area contributed by atoms with Gasteiger partial charge in [0.2, 0.25) is 0 Å². The average Bonchev–Trinajstić information content (AvgIpc) is 2.72. The van der Waals surface area contributed by atoms with Gasteiger partial charge in [0.25, 0.3) is 0 Å². The Labute approximate surface area is 104 Å². The molecular formula is C12H24N4O. The van der Waals surface area contributed by atoms with Gasteiger partial charge in [0.1, 0.15) is 6.33 Å². The van der Waals surface area contributed by atoms with Crippen LogP contribution >= 0.6 is 0 Å². The first kappa shape index (κ1) is 14.1. The van der Waals surface area contributed by atoms with E-state index in [4.69, 9.17) is 4.74 Å². The van der Waals surface area contributed by atoms with E-state index in [-0.39, 0.29) is 0 Å². The smallest absolute Gasteiger partial charge is 0.164 e. The highest BCUT2D eigenvalue weighted by Gasteiger charge is 2.01. The van der Waals surface area contributed by atoms with E-state index >= 15 is 0 Å². The molecule has 0 fully saturated rings. The molecule has 5 nitrogen and oxygen atoms in total. The fraction of sp³-hybridized carbons (Fsp3) is 0.833. The van der Waals surface area contributed by atoms with Crippen LogP contribution in [-0.2, 0) is 17.8 Å². The molecule has 1 aromatic heterocycles. The molecule has 0 unspecified atom stereocenters. The molecule has 0 aromatic carbocycles. The first-order valence-electron chi connectivity index (χ1n) is 6.39. The Morgan fingerprint density at radius 2 is 2.29 bits per heavy atom. The third-order valence-electron chi connectivity index (χ3n) is 2.30. The Kier molecular flexibility index (Phi) is 6.81. The Morgan fingerprint density at radius 1 is 1.47 bits per heavy atom. The summed E-state index contributed by atoms with van der Waals surface area (Å²) in [5.41, 5.74) is 0. The van der Waals surface area contributed by atoms with Crippen molar-refractivity contribution < 1.29 is 4.74 Å². The summed E-state index contributed by atoms with van der Waals surface area (Å²) < 4.78 is 7.16. The quantitative estimate of drug-likeness (QED) is 0.664. The van der Waals surface area contributed by atoms with E-state index in [1.165, 1.54) is 0 Å². The van der Waals surface area contributed by atoms with Crippen LogP contribution in [0.15, 0.2) is 6.33 Å². The van der Waals surface area contributed by atoms with Gasteiger partial charge in [0, 0.05) is 19.8 Å². The van der Waals surface area contributed by atoms with Crippen LogP contribution < -0.4 is 5.32 Å². The van der Waals surface area contributed by atoms with Gasteiger partial charge in [0.05, 0.1) is 6.54 Å².